The second-order valence-electron chi connectivity index (χ2n) is 9.87. The second-order valence-corrected chi connectivity index (χ2v) is 9.87. The average molecular weight is 447 g/mol. The highest BCUT2D eigenvalue weighted by Gasteiger charge is 2.38. The Kier molecular flexibility index (Phi) is 11.2. The molecule has 1 aromatic carbocycles. The number of ketones is 1. The molecule has 0 spiro atoms. The normalized spacial score (nSPS) is 16.1. The molecule has 2 aliphatic carbocycles. The van der Waals surface area contributed by atoms with Gasteiger partial charge in [-0.25, -0.2) is 8.78 Å². The van der Waals surface area contributed by atoms with Gasteiger partial charge in [0.25, 0.3) is 0 Å². The molecule has 0 radical (unpaired) electrons. The molecule has 0 bridgehead atoms. The lowest BCUT2D eigenvalue weighted by Gasteiger charge is -2.22. The van der Waals surface area contributed by atoms with Crippen LogP contribution in [0, 0.1) is 47.1 Å². The molecule has 0 aliphatic heterocycles. The quantitative estimate of drug-likeness (QED) is 0.413. The molecule has 0 amide bonds. The summed E-state index contributed by atoms with van der Waals surface area (Å²) in [6.45, 7) is 13.7. The summed E-state index contributed by atoms with van der Waals surface area (Å²) < 4.78 is 27.1. The number of halogens is 2. The lowest BCUT2D eigenvalue weighted by Crippen LogP contribution is -2.18. The van der Waals surface area contributed by atoms with E-state index in [-0.39, 0.29) is 22.2 Å². The Balaban J connectivity index is 0.000000273. The van der Waals surface area contributed by atoms with Gasteiger partial charge in [0.2, 0.25) is 0 Å². The van der Waals surface area contributed by atoms with Crippen LogP contribution >= 0.6 is 0 Å². The molecule has 3 rings (SSSR count). The molecule has 0 saturated heterocycles. The maximum absolute atomic E-state index is 13.5. The van der Waals surface area contributed by atoms with Crippen LogP contribution in [0.2, 0.25) is 0 Å². The highest BCUT2D eigenvalue weighted by molar-refractivity contribution is 5.84. The van der Waals surface area contributed by atoms with E-state index in [1.54, 1.807) is 13.0 Å². The average Bonchev–Trinajstić information content (AvgIpc) is 3.58. The third kappa shape index (κ3) is 8.81. The molecule has 2 saturated carbocycles. The van der Waals surface area contributed by atoms with E-state index in [1.807, 2.05) is 13.8 Å². The topological polar surface area (TPSA) is 53.2 Å². The van der Waals surface area contributed by atoms with Gasteiger partial charge in [-0.1, -0.05) is 53.9 Å². The number of nitriles is 1. The fraction of sp³-hybridized carbons (Fsp3) is 0.667. The molecule has 0 heterocycles. The summed E-state index contributed by atoms with van der Waals surface area (Å²) in [6, 6.07) is 2.49. The van der Waals surface area contributed by atoms with Crippen molar-refractivity contribution in [1.29, 1.82) is 5.26 Å². The van der Waals surface area contributed by atoms with Crippen LogP contribution in [0.5, 0.6) is 0 Å². The van der Waals surface area contributed by atoms with Gasteiger partial charge >= 0.3 is 0 Å². The summed E-state index contributed by atoms with van der Waals surface area (Å²) in [5.74, 6) is 0.949. The maximum atomic E-state index is 13.5. The van der Waals surface area contributed by atoms with Crippen molar-refractivity contribution in [3.8, 4) is 6.07 Å². The van der Waals surface area contributed by atoms with Crippen molar-refractivity contribution in [3.05, 3.63) is 28.8 Å². The van der Waals surface area contributed by atoms with E-state index in [4.69, 9.17) is 5.26 Å². The lowest BCUT2D eigenvalue weighted by molar-refractivity contribution is -0.120. The molecule has 0 unspecified atom stereocenters. The van der Waals surface area contributed by atoms with E-state index < -0.39 is 11.6 Å². The van der Waals surface area contributed by atoms with E-state index in [0.29, 0.717) is 24.3 Å². The molecule has 32 heavy (non-hydrogen) atoms. The molecule has 2 aliphatic rings. The third-order valence-electron chi connectivity index (χ3n) is 6.48. The molecule has 3 nitrogen and oxygen atoms in total. The van der Waals surface area contributed by atoms with Crippen LogP contribution < -0.4 is 0 Å². The Bertz CT molecular complexity index is 844. The molecule has 2 fully saturated rings. The standard InChI is InChI=1S/C12H12F2N2.C10H18O.C5H10/c1-4-7(2)16-12-8(3)11(14)9(6-15)5-10(12)13;1-4-9(11)7-10(2,3)8-5-6-8;1-5-3-2-4-5/h5H,4H2,1-3H3;8H,4-7H2,1-3H3;5H,2-4H2,1H3. The van der Waals surface area contributed by atoms with E-state index in [2.05, 4.69) is 25.8 Å². The summed E-state index contributed by atoms with van der Waals surface area (Å²) in [4.78, 5) is 15.2. The van der Waals surface area contributed by atoms with Gasteiger partial charge in [-0.3, -0.25) is 9.79 Å². The van der Waals surface area contributed by atoms with E-state index >= 15 is 0 Å². The summed E-state index contributed by atoms with van der Waals surface area (Å²) >= 11 is 0. The van der Waals surface area contributed by atoms with Gasteiger partial charge in [0, 0.05) is 24.1 Å². The summed E-state index contributed by atoms with van der Waals surface area (Å²) in [6.07, 6.45) is 9.29. The van der Waals surface area contributed by atoms with Crippen molar-refractivity contribution in [2.24, 2.45) is 22.2 Å². The number of nitrogens with zero attached hydrogens (tertiary/aromatic N) is 2. The fourth-order valence-electron chi connectivity index (χ4n) is 3.49. The number of hydrogen-bond acceptors (Lipinski definition) is 3. The van der Waals surface area contributed by atoms with Gasteiger partial charge in [0.15, 0.2) is 5.82 Å². The predicted molar refractivity (Wildman–Crippen MR) is 128 cm³/mol. The van der Waals surface area contributed by atoms with Crippen LogP contribution in [0.25, 0.3) is 0 Å². The largest absolute Gasteiger partial charge is 0.300 e. The minimum absolute atomic E-state index is 0.0177. The lowest BCUT2D eigenvalue weighted by atomic mass is 9.82. The number of Topliss-reactive ketones (excluding diaryl/α,β-unsaturated/α-hetero) is 1. The van der Waals surface area contributed by atoms with Crippen molar-refractivity contribution in [1.82, 2.24) is 0 Å². The molecule has 0 N–H and O–H groups in total. The zero-order chi connectivity index (χ0) is 24.5. The van der Waals surface area contributed by atoms with Crippen molar-refractivity contribution < 1.29 is 13.6 Å². The van der Waals surface area contributed by atoms with Crippen LogP contribution in [0.1, 0.15) is 104 Å². The first-order valence-electron chi connectivity index (χ1n) is 11.9. The second kappa shape index (κ2) is 12.8. The van der Waals surface area contributed by atoms with E-state index in [1.165, 1.54) is 39.0 Å². The first kappa shape index (κ1) is 27.9. The van der Waals surface area contributed by atoms with Crippen molar-refractivity contribution in [2.45, 2.75) is 99.8 Å². The predicted octanol–water partition coefficient (Wildman–Crippen LogP) is 8.25. The number of rotatable bonds is 6. The molecule has 0 atom stereocenters. The number of carbonyl (C=O) groups is 1. The van der Waals surface area contributed by atoms with Gasteiger partial charge < -0.3 is 0 Å². The van der Waals surface area contributed by atoms with Crippen LogP contribution in [-0.2, 0) is 4.79 Å². The van der Waals surface area contributed by atoms with Crippen LogP contribution in [0.15, 0.2) is 11.1 Å². The number of aliphatic imine (C=N–C) groups is 1. The fourth-order valence-corrected chi connectivity index (χ4v) is 3.49. The van der Waals surface area contributed by atoms with Crippen molar-refractivity contribution >= 4 is 17.2 Å². The monoisotopic (exact) mass is 446 g/mol. The Morgan fingerprint density at radius 3 is 2.12 bits per heavy atom. The minimum Gasteiger partial charge on any atom is -0.300 e. The Morgan fingerprint density at radius 2 is 1.75 bits per heavy atom. The Morgan fingerprint density at radius 1 is 1.19 bits per heavy atom. The Hall–Kier alpha value is -2.09. The van der Waals surface area contributed by atoms with Crippen LogP contribution in [0.3, 0.4) is 0 Å². The first-order chi connectivity index (χ1) is 15.0. The third-order valence-corrected chi connectivity index (χ3v) is 6.48. The van der Waals surface area contributed by atoms with Crippen molar-refractivity contribution in [3.63, 3.8) is 0 Å². The Labute approximate surface area is 193 Å². The van der Waals surface area contributed by atoms with E-state index in [9.17, 15) is 13.6 Å². The summed E-state index contributed by atoms with van der Waals surface area (Å²) in [5.41, 5.74) is 0.766. The number of benzene rings is 1. The van der Waals surface area contributed by atoms with Crippen LogP contribution in [-0.4, -0.2) is 11.5 Å². The minimum atomic E-state index is -0.702. The number of hydrogen-bond donors (Lipinski definition) is 0. The SMILES string of the molecule is CC1CCC1.CCC(=O)CC(C)(C)C1CC1.CCC(C)=Nc1c(F)cc(C#N)c(F)c1C. The molecule has 0 aromatic heterocycles. The van der Waals surface area contributed by atoms with Crippen LogP contribution in [0.4, 0.5) is 14.5 Å². The smallest absolute Gasteiger partial charge is 0.150 e. The zero-order valence-electron chi connectivity index (χ0n) is 20.9. The number of carbonyl (C=O) groups excluding carboxylic acids is 1. The van der Waals surface area contributed by atoms with Gasteiger partial charge in [0.05, 0.1) is 5.56 Å². The highest BCUT2D eigenvalue weighted by atomic mass is 19.1. The maximum Gasteiger partial charge on any atom is 0.150 e. The first-order valence-corrected chi connectivity index (χ1v) is 11.9. The molecule has 5 heteroatoms. The molecule has 178 valence electrons. The summed E-state index contributed by atoms with van der Waals surface area (Å²) in [7, 11) is 0. The van der Waals surface area contributed by atoms with Crippen molar-refractivity contribution in [2.75, 3.05) is 0 Å². The zero-order valence-corrected chi connectivity index (χ0v) is 20.9. The van der Waals surface area contributed by atoms with Gasteiger partial charge in [-0.15, -0.1) is 0 Å². The van der Waals surface area contributed by atoms with Gasteiger partial charge in [0.1, 0.15) is 23.4 Å². The summed E-state index contributed by atoms with van der Waals surface area (Å²) in [5, 5.41) is 8.59. The van der Waals surface area contributed by atoms with Gasteiger partial charge in [-0.2, -0.15) is 5.26 Å². The highest BCUT2D eigenvalue weighted by Crippen LogP contribution is 2.47. The molecular weight excluding hydrogens is 406 g/mol. The van der Waals surface area contributed by atoms with E-state index in [0.717, 1.165) is 24.3 Å². The molecular formula is C27H40F2N2O. The molecule has 1 aromatic rings. The van der Waals surface area contributed by atoms with Gasteiger partial charge in [-0.05, 0) is 56.4 Å².